The number of nitrogens with one attached hydrogen (secondary N) is 1. The van der Waals surface area contributed by atoms with E-state index in [0.717, 1.165) is 18.1 Å². The third kappa shape index (κ3) is 5.89. The Bertz CT molecular complexity index is 1540. The first-order valence-corrected chi connectivity index (χ1v) is 13.9. The summed E-state index contributed by atoms with van der Waals surface area (Å²) < 4.78 is 61.6. The number of hydrogen-bond acceptors (Lipinski definition) is 11. The van der Waals surface area contributed by atoms with Crippen LogP contribution in [0.1, 0.15) is 24.5 Å². The van der Waals surface area contributed by atoms with E-state index in [1.165, 1.54) is 43.1 Å². The van der Waals surface area contributed by atoms with Crippen LogP contribution in [0.2, 0.25) is 0 Å². The van der Waals surface area contributed by atoms with E-state index in [1.807, 2.05) is 12.3 Å². The van der Waals surface area contributed by atoms with E-state index in [2.05, 4.69) is 36.5 Å². The van der Waals surface area contributed by atoms with Crippen LogP contribution in [0, 0.1) is 12.7 Å². The number of rotatable bonds is 12. The van der Waals surface area contributed by atoms with Crippen molar-refractivity contribution in [3.63, 3.8) is 0 Å². The van der Waals surface area contributed by atoms with Crippen molar-refractivity contribution in [2.75, 3.05) is 25.5 Å². The normalized spacial score (nSPS) is 13.1. The SMILES string of the molecule is C=CCOC(c1ncc(F)cn1)C(C)S(=O)(=O)Nc1nnc(-c2nc(C)cs2)n1-c1c(OC)cccc1OC. The Morgan fingerprint density at radius 3 is 2.41 bits per heavy atom. The highest BCUT2D eigenvalue weighted by molar-refractivity contribution is 7.93. The lowest BCUT2D eigenvalue weighted by molar-refractivity contribution is 0.0669. The lowest BCUT2D eigenvalue weighted by atomic mass is 10.2. The Kier molecular flexibility index (Phi) is 8.52. The Balaban J connectivity index is 1.82. The monoisotopic (exact) mass is 575 g/mol. The molecule has 12 nitrogen and oxygen atoms in total. The number of para-hydroxylation sites is 1. The van der Waals surface area contributed by atoms with E-state index in [1.54, 1.807) is 18.2 Å². The van der Waals surface area contributed by atoms with E-state index in [0.29, 0.717) is 22.2 Å². The molecule has 1 aromatic carbocycles. The molecule has 1 N–H and O–H groups in total. The van der Waals surface area contributed by atoms with Crippen LogP contribution < -0.4 is 14.2 Å². The predicted octanol–water partition coefficient (Wildman–Crippen LogP) is 3.72. The molecule has 206 valence electrons. The molecule has 0 aliphatic carbocycles. The Morgan fingerprint density at radius 2 is 1.85 bits per heavy atom. The Labute approximate surface area is 228 Å². The maximum absolute atomic E-state index is 13.7. The molecule has 0 saturated carbocycles. The molecule has 3 aromatic heterocycles. The van der Waals surface area contributed by atoms with Crippen LogP contribution in [0.4, 0.5) is 10.3 Å². The van der Waals surface area contributed by atoms with E-state index in [9.17, 15) is 12.8 Å². The zero-order chi connectivity index (χ0) is 28.2. The van der Waals surface area contributed by atoms with Gasteiger partial charge in [0.2, 0.25) is 16.0 Å². The van der Waals surface area contributed by atoms with Gasteiger partial charge in [-0.15, -0.1) is 28.1 Å². The second-order valence-electron chi connectivity index (χ2n) is 8.14. The summed E-state index contributed by atoms with van der Waals surface area (Å²) in [7, 11) is -1.28. The van der Waals surface area contributed by atoms with Crippen molar-refractivity contribution < 1.29 is 27.0 Å². The van der Waals surface area contributed by atoms with Gasteiger partial charge in [0.25, 0.3) is 0 Å². The topological polar surface area (TPSA) is 143 Å². The number of ether oxygens (including phenoxy) is 3. The molecule has 0 radical (unpaired) electrons. The van der Waals surface area contributed by atoms with Gasteiger partial charge in [-0.2, -0.15) is 0 Å². The van der Waals surface area contributed by atoms with E-state index in [-0.39, 0.29) is 24.2 Å². The fraction of sp³-hybridized carbons (Fsp3) is 0.292. The van der Waals surface area contributed by atoms with Gasteiger partial charge < -0.3 is 14.2 Å². The molecule has 0 spiro atoms. The number of anilines is 1. The van der Waals surface area contributed by atoms with Gasteiger partial charge in [0, 0.05) is 11.1 Å². The zero-order valence-electron chi connectivity index (χ0n) is 21.5. The first-order valence-electron chi connectivity index (χ1n) is 11.5. The van der Waals surface area contributed by atoms with Gasteiger partial charge in [0.15, 0.2) is 22.5 Å². The highest BCUT2D eigenvalue weighted by atomic mass is 32.2. The summed E-state index contributed by atoms with van der Waals surface area (Å²) >= 11 is 1.32. The number of aromatic nitrogens is 6. The van der Waals surface area contributed by atoms with Gasteiger partial charge in [-0.3, -0.25) is 9.29 Å². The van der Waals surface area contributed by atoms with Crippen LogP contribution in [0.15, 0.2) is 48.6 Å². The van der Waals surface area contributed by atoms with Crippen molar-refractivity contribution >= 4 is 27.3 Å². The van der Waals surface area contributed by atoms with Gasteiger partial charge in [-0.1, -0.05) is 12.1 Å². The summed E-state index contributed by atoms with van der Waals surface area (Å²) in [6.45, 7) is 6.85. The minimum atomic E-state index is -4.24. The first kappa shape index (κ1) is 28.1. The number of halogens is 1. The summed E-state index contributed by atoms with van der Waals surface area (Å²) in [6.07, 6.45) is 2.17. The molecule has 0 bridgehead atoms. The lowest BCUT2D eigenvalue weighted by Crippen LogP contribution is -2.34. The number of thiazole rings is 1. The van der Waals surface area contributed by atoms with Crippen LogP contribution in [0.25, 0.3) is 16.5 Å². The highest BCUT2D eigenvalue weighted by Gasteiger charge is 2.35. The molecule has 0 aliphatic heterocycles. The van der Waals surface area contributed by atoms with E-state index >= 15 is 0 Å². The quantitative estimate of drug-likeness (QED) is 0.248. The third-order valence-corrected chi connectivity index (χ3v) is 8.19. The number of nitrogens with zero attached hydrogens (tertiary/aromatic N) is 6. The molecule has 0 fully saturated rings. The number of sulfonamides is 1. The van der Waals surface area contributed by atoms with Crippen molar-refractivity contribution in [1.29, 1.82) is 0 Å². The minimum Gasteiger partial charge on any atom is -0.494 e. The molecule has 0 amide bonds. The Morgan fingerprint density at radius 1 is 1.18 bits per heavy atom. The first-order chi connectivity index (χ1) is 18.7. The summed E-state index contributed by atoms with van der Waals surface area (Å²) in [5.74, 6) is 0.201. The molecular formula is C24H26FN7O5S2. The number of benzene rings is 1. The number of hydrogen-bond donors (Lipinski definition) is 1. The maximum atomic E-state index is 13.7. The van der Waals surface area contributed by atoms with Crippen LogP contribution in [0.3, 0.4) is 0 Å². The summed E-state index contributed by atoms with van der Waals surface area (Å²) in [4.78, 5) is 12.3. The van der Waals surface area contributed by atoms with Crippen molar-refractivity contribution in [3.05, 3.63) is 66.0 Å². The predicted molar refractivity (Wildman–Crippen MR) is 143 cm³/mol. The second kappa shape index (κ2) is 11.8. The van der Waals surface area contributed by atoms with Crippen molar-refractivity contribution in [1.82, 2.24) is 29.7 Å². The van der Waals surface area contributed by atoms with Gasteiger partial charge in [0.1, 0.15) is 28.5 Å². The molecule has 0 saturated heterocycles. The van der Waals surface area contributed by atoms with Crippen molar-refractivity contribution in [2.24, 2.45) is 0 Å². The molecule has 0 aliphatic rings. The second-order valence-corrected chi connectivity index (χ2v) is 11.0. The zero-order valence-corrected chi connectivity index (χ0v) is 23.2. The fourth-order valence-electron chi connectivity index (χ4n) is 3.65. The van der Waals surface area contributed by atoms with Gasteiger partial charge in [-0.25, -0.2) is 27.8 Å². The molecule has 4 aromatic rings. The molecule has 2 unspecified atom stereocenters. The molecule has 3 heterocycles. The van der Waals surface area contributed by atoms with Crippen LogP contribution in [-0.2, 0) is 14.8 Å². The van der Waals surface area contributed by atoms with Crippen molar-refractivity contribution in [3.8, 4) is 28.0 Å². The highest BCUT2D eigenvalue weighted by Crippen LogP contribution is 2.38. The molecule has 2 atom stereocenters. The standard InChI is InChI=1S/C24H26FN7O5S2/c1-6-10-37-20(21-26-11-16(25)12-27-21)15(3)39(33,34)31-24-30-29-22(23-28-14(2)13-38-23)32(24)19-17(35-4)8-7-9-18(19)36-5/h6-9,11-13,15,20H,1,10H2,2-5H3,(H,30,31). The van der Waals surface area contributed by atoms with Crippen LogP contribution in [-0.4, -0.2) is 64.2 Å². The summed E-state index contributed by atoms with van der Waals surface area (Å²) in [6, 6.07) is 5.12. The average Bonchev–Trinajstić information content (AvgIpc) is 3.54. The van der Waals surface area contributed by atoms with E-state index in [4.69, 9.17) is 14.2 Å². The number of aryl methyl sites for hydroxylation is 1. The van der Waals surface area contributed by atoms with Crippen LogP contribution >= 0.6 is 11.3 Å². The minimum absolute atomic E-state index is 0.00735. The van der Waals surface area contributed by atoms with Crippen molar-refractivity contribution in [2.45, 2.75) is 25.2 Å². The van der Waals surface area contributed by atoms with Gasteiger partial charge >= 0.3 is 0 Å². The summed E-state index contributed by atoms with van der Waals surface area (Å²) in [5.41, 5.74) is 1.12. The van der Waals surface area contributed by atoms with Crippen LogP contribution in [0.5, 0.6) is 11.5 Å². The molecular weight excluding hydrogens is 549 g/mol. The molecule has 39 heavy (non-hydrogen) atoms. The Hall–Kier alpha value is -3.95. The smallest absolute Gasteiger partial charge is 0.243 e. The van der Waals surface area contributed by atoms with Gasteiger partial charge in [0.05, 0.1) is 33.2 Å². The fourth-order valence-corrected chi connectivity index (χ4v) is 5.52. The summed E-state index contributed by atoms with van der Waals surface area (Å²) in [5, 5.41) is 9.47. The average molecular weight is 576 g/mol. The van der Waals surface area contributed by atoms with Gasteiger partial charge in [-0.05, 0) is 26.0 Å². The largest absolute Gasteiger partial charge is 0.494 e. The third-order valence-electron chi connectivity index (χ3n) is 5.54. The molecule has 4 rings (SSSR count). The molecule has 15 heteroatoms. The lowest BCUT2D eigenvalue weighted by Gasteiger charge is -2.23. The van der Waals surface area contributed by atoms with E-state index < -0.39 is 27.2 Å². The number of methoxy groups -OCH3 is 2. The maximum Gasteiger partial charge on any atom is 0.243 e.